The minimum atomic E-state index is -0.0215. The van der Waals surface area contributed by atoms with Crippen LogP contribution in [0.2, 0.25) is 0 Å². The summed E-state index contributed by atoms with van der Waals surface area (Å²) >= 11 is 0. The van der Waals surface area contributed by atoms with E-state index < -0.39 is 0 Å². The molecule has 2 aliphatic heterocycles. The Labute approximate surface area is 152 Å². The van der Waals surface area contributed by atoms with Crippen molar-refractivity contribution in [3.8, 4) is 5.75 Å². The van der Waals surface area contributed by atoms with Crippen LogP contribution in [0.15, 0.2) is 30.7 Å². The molecule has 1 fully saturated rings. The lowest BCUT2D eigenvalue weighted by atomic mass is 10.1. The average Bonchev–Trinajstić information content (AvgIpc) is 3.31. The van der Waals surface area contributed by atoms with E-state index in [9.17, 15) is 4.79 Å². The molecule has 0 bridgehead atoms. The smallest absolute Gasteiger partial charge is 0.257 e. The maximum absolute atomic E-state index is 13.2. The molecule has 2 aromatic rings. The Morgan fingerprint density at radius 2 is 2.27 bits per heavy atom. The first-order valence-corrected chi connectivity index (χ1v) is 9.17. The van der Waals surface area contributed by atoms with Crippen LogP contribution in [0.5, 0.6) is 5.75 Å². The minimum Gasteiger partial charge on any atom is -0.490 e. The summed E-state index contributed by atoms with van der Waals surface area (Å²) in [5, 5.41) is 4.41. The number of carbonyl (C=O) groups is 1. The highest BCUT2D eigenvalue weighted by Crippen LogP contribution is 2.26. The van der Waals surface area contributed by atoms with E-state index in [0.29, 0.717) is 18.9 Å². The number of carbonyl (C=O) groups excluding carboxylic acids is 1. The van der Waals surface area contributed by atoms with E-state index in [4.69, 9.17) is 9.47 Å². The summed E-state index contributed by atoms with van der Waals surface area (Å²) < 4.78 is 13.4. The molecule has 4 rings (SSSR count). The number of fused-ring (bicyclic) bond motifs is 1. The molecule has 0 spiro atoms. The Morgan fingerprint density at radius 1 is 1.35 bits per heavy atom. The van der Waals surface area contributed by atoms with Gasteiger partial charge in [-0.25, -0.2) is 0 Å². The molecule has 7 heteroatoms. The van der Waals surface area contributed by atoms with Crippen LogP contribution in [0.4, 0.5) is 0 Å². The summed E-state index contributed by atoms with van der Waals surface area (Å²) in [6, 6.07) is 3.69. The average molecular weight is 356 g/mol. The number of nitrogens with zero attached hydrogens (tertiary/aromatic N) is 4. The van der Waals surface area contributed by atoms with E-state index in [2.05, 4.69) is 10.1 Å². The van der Waals surface area contributed by atoms with Crippen molar-refractivity contribution in [2.75, 3.05) is 20.3 Å². The van der Waals surface area contributed by atoms with E-state index >= 15 is 0 Å². The highest BCUT2D eigenvalue weighted by atomic mass is 16.5. The monoisotopic (exact) mass is 356 g/mol. The topological polar surface area (TPSA) is 69.5 Å². The molecular formula is C19H24N4O3. The van der Waals surface area contributed by atoms with Crippen molar-refractivity contribution in [2.24, 2.45) is 0 Å². The summed E-state index contributed by atoms with van der Waals surface area (Å²) in [5.74, 6) is 0.746. The van der Waals surface area contributed by atoms with Gasteiger partial charge in [0.05, 0.1) is 35.8 Å². The number of amides is 1. The lowest BCUT2D eigenvalue weighted by Crippen LogP contribution is -2.39. The van der Waals surface area contributed by atoms with Crippen LogP contribution in [0.25, 0.3) is 0 Å². The molecule has 0 N–H and O–H groups in total. The van der Waals surface area contributed by atoms with Gasteiger partial charge < -0.3 is 14.4 Å². The fourth-order valence-corrected chi connectivity index (χ4v) is 3.83. The largest absolute Gasteiger partial charge is 0.490 e. The summed E-state index contributed by atoms with van der Waals surface area (Å²) in [6.07, 6.45) is 9.08. The number of likely N-dealkylation sites (tertiary alicyclic amines) is 1. The predicted octanol–water partition coefficient (Wildman–Crippen LogP) is 1.92. The number of aromatic nitrogens is 3. The molecule has 2 aliphatic rings. The maximum atomic E-state index is 13.2. The molecule has 2 aromatic heterocycles. The van der Waals surface area contributed by atoms with Crippen molar-refractivity contribution in [3.63, 3.8) is 0 Å². The van der Waals surface area contributed by atoms with Crippen LogP contribution in [-0.2, 0) is 17.7 Å². The van der Waals surface area contributed by atoms with Crippen LogP contribution < -0.4 is 4.74 Å². The molecule has 26 heavy (non-hydrogen) atoms. The number of ether oxygens (including phenoxy) is 2. The predicted molar refractivity (Wildman–Crippen MR) is 95.1 cm³/mol. The summed E-state index contributed by atoms with van der Waals surface area (Å²) in [4.78, 5) is 19.2. The highest BCUT2D eigenvalue weighted by molar-refractivity contribution is 5.95. The zero-order valence-electron chi connectivity index (χ0n) is 15.0. The lowest BCUT2D eigenvalue weighted by Gasteiger charge is -2.25. The molecule has 0 unspecified atom stereocenters. The van der Waals surface area contributed by atoms with Gasteiger partial charge in [0, 0.05) is 26.4 Å². The van der Waals surface area contributed by atoms with Gasteiger partial charge in [-0.1, -0.05) is 0 Å². The number of pyridine rings is 1. The van der Waals surface area contributed by atoms with Crippen LogP contribution in [0, 0.1) is 0 Å². The van der Waals surface area contributed by atoms with Gasteiger partial charge in [-0.15, -0.1) is 0 Å². The first-order chi connectivity index (χ1) is 12.8. The molecule has 0 saturated carbocycles. The van der Waals surface area contributed by atoms with Crippen LogP contribution >= 0.6 is 0 Å². The zero-order chi connectivity index (χ0) is 17.9. The quantitative estimate of drug-likeness (QED) is 0.819. The second kappa shape index (κ2) is 7.45. The van der Waals surface area contributed by atoms with E-state index in [1.165, 1.54) is 0 Å². The van der Waals surface area contributed by atoms with Crippen LogP contribution in [-0.4, -0.2) is 58.0 Å². The van der Waals surface area contributed by atoms with Crippen molar-refractivity contribution >= 4 is 5.91 Å². The van der Waals surface area contributed by atoms with Gasteiger partial charge in [-0.3, -0.25) is 14.5 Å². The Bertz CT molecular complexity index is 761. The first kappa shape index (κ1) is 17.0. The SMILES string of the molecule is CO[C@@H]1C[C@@H](COc2cccnc2)N(C(=O)c2cnn3c2CCCC3)C1. The number of aryl methyl sites for hydroxylation is 1. The number of hydrogen-bond acceptors (Lipinski definition) is 5. The molecule has 138 valence electrons. The lowest BCUT2D eigenvalue weighted by molar-refractivity contribution is 0.0656. The van der Waals surface area contributed by atoms with Crippen LogP contribution in [0.3, 0.4) is 0 Å². The molecule has 7 nitrogen and oxygen atoms in total. The molecule has 0 aliphatic carbocycles. The third kappa shape index (κ3) is 3.31. The standard InChI is InChI=1S/C19H24N4O3/c1-25-16-9-14(13-26-15-5-4-7-20-10-15)22(12-16)19(24)17-11-21-23-8-3-2-6-18(17)23/h4-5,7,10-11,14,16H,2-3,6,8-9,12-13H2,1H3/t14-,16+/m0/s1. The molecule has 1 saturated heterocycles. The van der Waals surface area contributed by atoms with Gasteiger partial charge in [-0.2, -0.15) is 5.10 Å². The van der Waals surface area contributed by atoms with Gasteiger partial charge in [0.25, 0.3) is 5.91 Å². The van der Waals surface area contributed by atoms with Crippen molar-refractivity contribution < 1.29 is 14.3 Å². The molecular weight excluding hydrogens is 332 g/mol. The Kier molecular flexibility index (Phi) is 4.88. The zero-order valence-corrected chi connectivity index (χ0v) is 15.0. The molecule has 0 aromatic carbocycles. The highest BCUT2D eigenvalue weighted by Gasteiger charge is 2.37. The Morgan fingerprint density at radius 3 is 3.08 bits per heavy atom. The van der Waals surface area contributed by atoms with Gasteiger partial charge in [0.15, 0.2) is 0 Å². The molecule has 1 amide bonds. The fourth-order valence-electron chi connectivity index (χ4n) is 3.83. The summed E-state index contributed by atoms with van der Waals surface area (Å²) in [6.45, 7) is 1.92. The van der Waals surface area contributed by atoms with E-state index in [0.717, 1.165) is 43.5 Å². The third-order valence-corrected chi connectivity index (χ3v) is 5.26. The van der Waals surface area contributed by atoms with Crippen LogP contribution in [0.1, 0.15) is 35.3 Å². The summed E-state index contributed by atoms with van der Waals surface area (Å²) in [7, 11) is 1.69. The fraction of sp³-hybridized carbons (Fsp3) is 0.526. The van der Waals surface area contributed by atoms with E-state index in [-0.39, 0.29) is 18.1 Å². The molecule has 0 radical (unpaired) electrons. The van der Waals surface area contributed by atoms with E-state index in [1.807, 2.05) is 21.7 Å². The van der Waals surface area contributed by atoms with Crippen molar-refractivity contribution in [1.29, 1.82) is 0 Å². The molecule has 4 heterocycles. The van der Waals surface area contributed by atoms with Crippen molar-refractivity contribution in [3.05, 3.63) is 42.0 Å². The Balaban J connectivity index is 1.50. The van der Waals surface area contributed by atoms with Gasteiger partial charge in [-0.05, 0) is 37.8 Å². The minimum absolute atomic E-state index is 0.0215. The second-order valence-electron chi connectivity index (χ2n) is 6.89. The van der Waals surface area contributed by atoms with Crippen molar-refractivity contribution in [2.45, 2.75) is 44.4 Å². The third-order valence-electron chi connectivity index (χ3n) is 5.26. The first-order valence-electron chi connectivity index (χ1n) is 9.17. The normalized spacial score (nSPS) is 22.3. The van der Waals surface area contributed by atoms with Gasteiger partial charge in [0.2, 0.25) is 0 Å². The van der Waals surface area contributed by atoms with Gasteiger partial charge in [0.1, 0.15) is 12.4 Å². The van der Waals surface area contributed by atoms with Gasteiger partial charge >= 0.3 is 0 Å². The Hall–Kier alpha value is -2.41. The van der Waals surface area contributed by atoms with Crippen molar-refractivity contribution in [1.82, 2.24) is 19.7 Å². The number of hydrogen-bond donors (Lipinski definition) is 0. The maximum Gasteiger partial charge on any atom is 0.257 e. The molecule has 2 atom stereocenters. The summed E-state index contributed by atoms with van der Waals surface area (Å²) in [5.41, 5.74) is 1.79. The van der Waals surface area contributed by atoms with E-state index in [1.54, 1.807) is 25.7 Å². The number of methoxy groups -OCH3 is 1. The number of rotatable bonds is 5. The second-order valence-corrected chi connectivity index (χ2v) is 6.89.